The highest BCUT2D eigenvalue weighted by Crippen LogP contribution is 2.68. The molecular formula is C25H22ClNO5. The molecule has 2 aliphatic rings. The van der Waals surface area contributed by atoms with Crippen molar-refractivity contribution in [3.8, 4) is 5.75 Å². The van der Waals surface area contributed by atoms with Crippen LogP contribution in [0.25, 0.3) is 0 Å². The molecule has 2 heterocycles. The van der Waals surface area contributed by atoms with Crippen molar-refractivity contribution in [2.45, 2.75) is 30.1 Å². The zero-order valence-electron chi connectivity index (χ0n) is 17.5. The van der Waals surface area contributed by atoms with Gasteiger partial charge in [0.25, 0.3) is 0 Å². The summed E-state index contributed by atoms with van der Waals surface area (Å²) in [5, 5.41) is 24.2. The monoisotopic (exact) mass is 451 g/mol. The molecule has 2 aromatic carbocycles. The van der Waals surface area contributed by atoms with E-state index in [0.29, 0.717) is 10.6 Å². The Bertz CT molecular complexity index is 1180. The van der Waals surface area contributed by atoms with E-state index in [9.17, 15) is 15.0 Å². The lowest BCUT2D eigenvalue weighted by Crippen LogP contribution is -2.52. The van der Waals surface area contributed by atoms with Gasteiger partial charge in [0, 0.05) is 18.2 Å². The Morgan fingerprint density at radius 2 is 1.84 bits per heavy atom. The predicted molar refractivity (Wildman–Crippen MR) is 117 cm³/mol. The van der Waals surface area contributed by atoms with Crippen molar-refractivity contribution < 1.29 is 24.5 Å². The summed E-state index contributed by atoms with van der Waals surface area (Å²) < 4.78 is 11.6. The lowest BCUT2D eigenvalue weighted by atomic mass is 9.71. The molecular weight excluding hydrogens is 430 g/mol. The number of ether oxygens (including phenoxy) is 2. The van der Waals surface area contributed by atoms with E-state index in [4.69, 9.17) is 21.1 Å². The first-order valence-electron chi connectivity index (χ1n) is 10.3. The molecule has 0 amide bonds. The van der Waals surface area contributed by atoms with Gasteiger partial charge in [-0.05, 0) is 18.1 Å². The van der Waals surface area contributed by atoms with Crippen LogP contribution >= 0.6 is 11.6 Å². The minimum atomic E-state index is -2.03. The highest BCUT2D eigenvalue weighted by atomic mass is 35.5. The fraction of sp³-hybridized carbons (Fsp3) is 0.280. The lowest BCUT2D eigenvalue weighted by Gasteiger charge is -2.40. The number of carbonyl (C=O) groups excluding carboxylic acids is 1. The van der Waals surface area contributed by atoms with Gasteiger partial charge >= 0.3 is 5.97 Å². The molecule has 164 valence electrons. The van der Waals surface area contributed by atoms with E-state index in [0.717, 1.165) is 11.1 Å². The molecule has 6 nitrogen and oxygen atoms in total. The van der Waals surface area contributed by atoms with Gasteiger partial charge in [0.2, 0.25) is 0 Å². The fourth-order valence-electron chi connectivity index (χ4n) is 5.33. The van der Waals surface area contributed by atoms with Gasteiger partial charge in [-0.1, -0.05) is 71.8 Å². The quantitative estimate of drug-likeness (QED) is 0.593. The molecule has 2 N–H and O–H groups in total. The molecule has 0 spiro atoms. The number of benzene rings is 2. The Labute approximate surface area is 190 Å². The smallest absolute Gasteiger partial charge is 0.312 e. The minimum absolute atomic E-state index is 0.141. The number of carbonyl (C=O) groups is 1. The van der Waals surface area contributed by atoms with Gasteiger partial charge in [-0.3, -0.25) is 9.78 Å². The van der Waals surface area contributed by atoms with Crippen molar-refractivity contribution in [2.75, 3.05) is 7.11 Å². The van der Waals surface area contributed by atoms with Crippen molar-refractivity contribution in [3.05, 3.63) is 94.3 Å². The number of halogens is 1. The van der Waals surface area contributed by atoms with Crippen molar-refractivity contribution in [3.63, 3.8) is 0 Å². The Hall–Kier alpha value is -2.93. The van der Waals surface area contributed by atoms with Crippen LogP contribution in [0, 0.1) is 12.8 Å². The first-order valence-corrected chi connectivity index (χ1v) is 10.7. The summed E-state index contributed by atoms with van der Waals surface area (Å²) >= 11 is 6.17. The number of aliphatic hydroxyl groups excluding tert-OH is 1. The molecule has 1 aromatic heterocycles. The second-order valence-electron chi connectivity index (χ2n) is 8.35. The lowest BCUT2D eigenvalue weighted by molar-refractivity contribution is -0.162. The van der Waals surface area contributed by atoms with Crippen molar-refractivity contribution in [1.82, 2.24) is 4.98 Å². The maximum absolute atomic E-state index is 13.0. The van der Waals surface area contributed by atoms with E-state index < -0.39 is 35.1 Å². The third kappa shape index (κ3) is 2.60. The van der Waals surface area contributed by atoms with Gasteiger partial charge in [-0.2, -0.15) is 0 Å². The molecule has 5 atom stereocenters. The van der Waals surface area contributed by atoms with Crippen LogP contribution in [-0.4, -0.2) is 34.4 Å². The maximum Gasteiger partial charge on any atom is 0.312 e. The van der Waals surface area contributed by atoms with Crippen LogP contribution in [0.2, 0.25) is 5.02 Å². The van der Waals surface area contributed by atoms with E-state index in [-0.39, 0.29) is 11.4 Å². The predicted octanol–water partition coefficient (Wildman–Crippen LogP) is 3.47. The molecule has 0 bridgehead atoms. The second kappa shape index (κ2) is 7.30. The molecule has 1 aliphatic carbocycles. The number of hydrogen-bond acceptors (Lipinski definition) is 6. The van der Waals surface area contributed by atoms with Crippen LogP contribution in [0.5, 0.6) is 5.75 Å². The molecule has 1 saturated carbocycles. The van der Waals surface area contributed by atoms with Gasteiger partial charge in [0.15, 0.2) is 11.2 Å². The van der Waals surface area contributed by atoms with Gasteiger partial charge in [0.1, 0.15) is 17.5 Å². The maximum atomic E-state index is 13.0. The van der Waals surface area contributed by atoms with Crippen LogP contribution in [0.3, 0.4) is 0 Å². The number of hydrogen-bond donors (Lipinski definition) is 2. The van der Waals surface area contributed by atoms with E-state index in [1.54, 1.807) is 6.07 Å². The summed E-state index contributed by atoms with van der Waals surface area (Å²) in [6.07, 6.45) is -0.153. The van der Waals surface area contributed by atoms with Gasteiger partial charge in [-0.25, -0.2) is 0 Å². The molecule has 0 radical (unpaired) electrons. The van der Waals surface area contributed by atoms with Crippen molar-refractivity contribution in [1.29, 1.82) is 0 Å². The van der Waals surface area contributed by atoms with Crippen molar-refractivity contribution >= 4 is 17.6 Å². The SMILES string of the molecule is COC(=O)[C@H]1[C@@H](O)[C@@]2(O)c3ncc(Cl)cc3O[C@@]2(c2ccc(C)cc2)[C@@H]1c1ccccc1. The molecule has 7 heteroatoms. The van der Waals surface area contributed by atoms with Crippen molar-refractivity contribution in [2.24, 2.45) is 5.92 Å². The topological polar surface area (TPSA) is 88.9 Å². The number of aliphatic hydroxyl groups is 2. The standard InChI is InChI=1S/C25H22ClNO5/c1-14-8-10-16(11-9-14)25-20(15-6-4-3-5-7-15)19(23(29)31-2)22(28)24(25,30)21-18(32-25)12-17(26)13-27-21/h3-13,19-20,22,28,30H,1-2H3/t19-,20-,22-,24+,25+/m1/s1. The average molecular weight is 452 g/mol. The Balaban J connectivity index is 1.87. The number of aromatic nitrogens is 1. The Morgan fingerprint density at radius 3 is 2.50 bits per heavy atom. The van der Waals surface area contributed by atoms with Crippen LogP contribution < -0.4 is 4.74 Å². The largest absolute Gasteiger partial charge is 0.476 e. The number of nitrogens with zero attached hydrogens (tertiary/aromatic N) is 1. The molecule has 32 heavy (non-hydrogen) atoms. The highest BCUT2D eigenvalue weighted by molar-refractivity contribution is 6.30. The second-order valence-corrected chi connectivity index (χ2v) is 8.79. The van der Waals surface area contributed by atoms with E-state index in [1.165, 1.54) is 13.3 Å². The molecule has 0 unspecified atom stereocenters. The normalized spacial score (nSPS) is 30.3. The molecule has 5 rings (SSSR count). The third-order valence-electron chi connectivity index (χ3n) is 6.70. The number of aryl methyl sites for hydroxylation is 1. The average Bonchev–Trinajstić information content (AvgIpc) is 3.17. The fourth-order valence-corrected chi connectivity index (χ4v) is 5.48. The molecule has 0 saturated heterocycles. The summed E-state index contributed by atoms with van der Waals surface area (Å²) in [6, 6.07) is 18.3. The number of fused-ring (bicyclic) bond motifs is 3. The minimum Gasteiger partial charge on any atom is -0.476 e. The summed E-state index contributed by atoms with van der Waals surface area (Å²) in [6.45, 7) is 1.95. The summed E-state index contributed by atoms with van der Waals surface area (Å²) in [4.78, 5) is 17.3. The third-order valence-corrected chi connectivity index (χ3v) is 6.90. The zero-order valence-corrected chi connectivity index (χ0v) is 18.3. The Kier molecular flexibility index (Phi) is 4.78. The van der Waals surface area contributed by atoms with Crippen LogP contribution in [0.1, 0.15) is 28.3 Å². The number of esters is 1. The van der Waals surface area contributed by atoms with Gasteiger partial charge in [-0.15, -0.1) is 0 Å². The highest BCUT2D eigenvalue weighted by Gasteiger charge is 2.78. The van der Waals surface area contributed by atoms with Crippen LogP contribution in [0.4, 0.5) is 0 Å². The molecule has 1 aliphatic heterocycles. The first-order chi connectivity index (χ1) is 15.3. The van der Waals surface area contributed by atoms with E-state index >= 15 is 0 Å². The summed E-state index contributed by atoms with van der Waals surface area (Å²) in [5.74, 6) is -2.24. The number of methoxy groups -OCH3 is 1. The number of rotatable bonds is 3. The number of pyridine rings is 1. The van der Waals surface area contributed by atoms with Gasteiger partial charge < -0.3 is 19.7 Å². The van der Waals surface area contributed by atoms with E-state index in [1.807, 2.05) is 61.5 Å². The van der Waals surface area contributed by atoms with E-state index in [2.05, 4.69) is 4.98 Å². The Morgan fingerprint density at radius 1 is 1.16 bits per heavy atom. The molecule has 1 fully saturated rings. The van der Waals surface area contributed by atoms with Gasteiger partial charge in [0.05, 0.1) is 18.1 Å². The molecule has 3 aromatic rings. The van der Waals surface area contributed by atoms with Crippen LogP contribution in [-0.2, 0) is 20.7 Å². The first kappa shape index (κ1) is 20.9. The van der Waals surface area contributed by atoms with Crippen LogP contribution in [0.15, 0.2) is 66.9 Å². The summed E-state index contributed by atoms with van der Waals surface area (Å²) in [5.41, 5.74) is -1.08. The summed E-state index contributed by atoms with van der Waals surface area (Å²) in [7, 11) is 1.26. The zero-order chi connectivity index (χ0) is 22.7.